The van der Waals surface area contributed by atoms with E-state index in [9.17, 15) is 14.7 Å². The fourth-order valence-corrected chi connectivity index (χ4v) is 1.96. The van der Waals surface area contributed by atoms with Gasteiger partial charge in [-0.15, -0.1) is 5.10 Å². The highest BCUT2D eigenvalue weighted by atomic mass is 16.4. The lowest BCUT2D eigenvalue weighted by Gasteiger charge is -2.08. The number of rotatable bonds is 5. The van der Waals surface area contributed by atoms with Crippen molar-refractivity contribution in [2.24, 2.45) is 0 Å². The quantitative estimate of drug-likeness (QED) is 0.758. The number of carboxylic acids is 2. The van der Waals surface area contributed by atoms with Crippen LogP contribution in [0.4, 0.5) is 0 Å². The molecule has 0 aliphatic heterocycles. The van der Waals surface area contributed by atoms with E-state index in [1.165, 1.54) is 22.9 Å². The van der Waals surface area contributed by atoms with E-state index in [2.05, 4.69) is 10.3 Å². The van der Waals surface area contributed by atoms with E-state index in [1.807, 2.05) is 6.92 Å². The molecule has 1 aromatic heterocycles. The SMILES string of the molecule is CCCc1c(C(=O)O)nnn1-c1ccc(O)c(C(=O)O)c1. The molecule has 0 saturated carbocycles. The van der Waals surface area contributed by atoms with Crippen LogP contribution in [0.2, 0.25) is 0 Å². The molecule has 0 unspecified atom stereocenters. The minimum absolute atomic E-state index is 0.165. The average Bonchev–Trinajstić information content (AvgIpc) is 2.83. The van der Waals surface area contributed by atoms with Gasteiger partial charge in [0.25, 0.3) is 0 Å². The molecule has 0 fully saturated rings. The molecular formula is C13H13N3O5. The lowest BCUT2D eigenvalue weighted by molar-refractivity contribution is 0.0680. The maximum Gasteiger partial charge on any atom is 0.358 e. The predicted molar refractivity (Wildman–Crippen MR) is 70.9 cm³/mol. The van der Waals surface area contributed by atoms with Crippen molar-refractivity contribution in [1.29, 1.82) is 0 Å². The molecule has 8 heteroatoms. The highest BCUT2D eigenvalue weighted by molar-refractivity contribution is 5.91. The summed E-state index contributed by atoms with van der Waals surface area (Å²) in [5.74, 6) is -2.85. The Kier molecular flexibility index (Phi) is 3.88. The van der Waals surface area contributed by atoms with Gasteiger partial charge in [-0.25, -0.2) is 14.3 Å². The van der Waals surface area contributed by atoms with Crippen LogP contribution >= 0.6 is 0 Å². The van der Waals surface area contributed by atoms with Gasteiger partial charge in [0.1, 0.15) is 11.3 Å². The number of aromatic nitrogens is 3. The number of carbonyl (C=O) groups is 2. The van der Waals surface area contributed by atoms with Gasteiger partial charge in [-0.1, -0.05) is 18.6 Å². The van der Waals surface area contributed by atoms with Crippen molar-refractivity contribution in [2.45, 2.75) is 19.8 Å². The number of aromatic hydroxyl groups is 1. The Labute approximate surface area is 119 Å². The average molecular weight is 291 g/mol. The van der Waals surface area contributed by atoms with Gasteiger partial charge in [0.05, 0.1) is 11.4 Å². The minimum Gasteiger partial charge on any atom is -0.507 e. The van der Waals surface area contributed by atoms with Crippen molar-refractivity contribution in [3.8, 4) is 11.4 Å². The molecule has 8 nitrogen and oxygen atoms in total. The van der Waals surface area contributed by atoms with Crippen LogP contribution in [0.3, 0.4) is 0 Å². The number of hydrogen-bond donors (Lipinski definition) is 3. The Hall–Kier alpha value is -2.90. The largest absolute Gasteiger partial charge is 0.507 e. The summed E-state index contributed by atoms with van der Waals surface area (Å²) >= 11 is 0. The molecule has 110 valence electrons. The molecule has 0 aliphatic rings. The molecule has 1 aromatic carbocycles. The maximum atomic E-state index is 11.1. The van der Waals surface area contributed by atoms with Crippen LogP contribution in [-0.2, 0) is 6.42 Å². The van der Waals surface area contributed by atoms with Crippen LogP contribution in [0.1, 0.15) is 39.9 Å². The van der Waals surface area contributed by atoms with E-state index in [1.54, 1.807) is 0 Å². The van der Waals surface area contributed by atoms with Crippen molar-refractivity contribution in [2.75, 3.05) is 0 Å². The zero-order valence-corrected chi connectivity index (χ0v) is 11.1. The smallest absolute Gasteiger partial charge is 0.358 e. The van der Waals surface area contributed by atoms with E-state index in [-0.39, 0.29) is 17.0 Å². The molecule has 0 radical (unpaired) electrons. The Bertz CT molecular complexity index is 708. The van der Waals surface area contributed by atoms with Crippen LogP contribution in [0.15, 0.2) is 18.2 Å². The first-order valence-electron chi connectivity index (χ1n) is 6.20. The molecule has 0 aliphatic carbocycles. The van der Waals surface area contributed by atoms with E-state index < -0.39 is 11.9 Å². The summed E-state index contributed by atoms with van der Waals surface area (Å²) in [6.07, 6.45) is 1.11. The fourth-order valence-electron chi connectivity index (χ4n) is 1.96. The van der Waals surface area contributed by atoms with Gasteiger partial charge in [0.15, 0.2) is 5.69 Å². The molecule has 2 rings (SSSR count). The molecule has 3 N–H and O–H groups in total. The summed E-state index contributed by atoms with van der Waals surface area (Å²) in [5, 5.41) is 35.0. The summed E-state index contributed by atoms with van der Waals surface area (Å²) in [4.78, 5) is 22.2. The number of hydrogen-bond acceptors (Lipinski definition) is 5. The van der Waals surface area contributed by atoms with Crippen LogP contribution < -0.4 is 0 Å². The van der Waals surface area contributed by atoms with Gasteiger partial charge in [-0.2, -0.15) is 0 Å². The highest BCUT2D eigenvalue weighted by Gasteiger charge is 2.20. The molecule has 0 amide bonds. The lowest BCUT2D eigenvalue weighted by atomic mass is 10.1. The predicted octanol–water partition coefficient (Wildman–Crippen LogP) is 1.32. The minimum atomic E-state index is -1.29. The van der Waals surface area contributed by atoms with Gasteiger partial charge in [0, 0.05) is 0 Å². The molecular weight excluding hydrogens is 278 g/mol. The van der Waals surface area contributed by atoms with E-state index in [0.717, 1.165) is 0 Å². The molecule has 21 heavy (non-hydrogen) atoms. The third kappa shape index (κ3) is 2.69. The molecule has 2 aromatic rings. The molecule has 0 saturated heterocycles. The topological polar surface area (TPSA) is 126 Å². The van der Waals surface area contributed by atoms with Crippen LogP contribution in [0.25, 0.3) is 5.69 Å². The van der Waals surface area contributed by atoms with Crippen molar-refractivity contribution in [3.05, 3.63) is 35.2 Å². The first-order chi connectivity index (χ1) is 9.95. The molecule has 0 bridgehead atoms. The second-order valence-electron chi connectivity index (χ2n) is 4.36. The van der Waals surface area contributed by atoms with Gasteiger partial charge in [-0.3, -0.25) is 0 Å². The third-order valence-corrected chi connectivity index (χ3v) is 2.91. The van der Waals surface area contributed by atoms with Gasteiger partial charge < -0.3 is 15.3 Å². The normalized spacial score (nSPS) is 10.5. The zero-order valence-electron chi connectivity index (χ0n) is 11.1. The Morgan fingerprint density at radius 3 is 2.52 bits per heavy atom. The monoisotopic (exact) mass is 291 g/mol. The molecule has 0 spiro atoms. The van der Waals surface area contributed by atoms with Gasteiger partial charge >= 0.3 is 11.9 Å². The Morgan fingerprint density at radius 2 is 1.95 bits per heavy atom. The van der Waals surface area contributed by atoms with E-state index in [4.69, 9.17) is 10.2 Å². The van der Waals surface area contributed by atoms with Crippen molar-refractivity contribution >= 4 is 11.9 Å². The van der Waals surface area contributed by atoms with Crippen LogP contribution in [0, 0.1) is 0 Å². The lowest BCUT2D eigenvalue weighted by Crippen LogP contribution is -2.08. The summed E-state index contributed by atoms with van der Waals surface area (Å²) in [5.41, 5.74) is 0.254. The van der Waals surface area contributed by atoms with Crippen LogP contribution in [0.5, 0.6) is 5.75 Å². The number of aromatic carboxylic acids is 2. The van der Waals surface area contributed by atoms with E-state index >= 15 is 0 Å². The number of nitrogens with zero attached hydrogens (tertiary/aromatic N) is 3. The summed E-state index contributed by atoms with van der Waals surface area (Å²) in [6.45, 7) is 1.88. The fraction of sp³-hybridized carbons (Fsp3) is 0.231. The number of phenols is 1. The van der Waals surface area contributed by atoms with Crippen LogP contribution in [-0.4, -0.2) is 42.3 Å². The summed E-state index contributed by atoms with van der Waals surface area (Å²) < 4.78 is 1.28. The number of benzene rings is 1. The Balaban J connectivity index is 2.59. The first-order valence-corrected chi connectivity index (χ1v) is 6.20. The van der Waals surface area contributed by atoms with Crippen molar-refractivity contribution < 1.29 is 24.9 Å². The Morgan fingerprint density at radius 1 is 1.24 bits per heavy atom. The standard InChI is InChI=1S/C13H13N3O5/c1-2-3-9-11(13(20)21)14-15-16(9)7-4-5-10(17)8(6-7)12(18)19/h4-6,17H,2-3H2,1H3,(H,18,19)(H,20,21). The van der Waals surface area contributed by atoms with Gasteiger partial charge in [-0.05, 0) is 24.6 Å². The summed E-state index contributed by atoms with van der Waals surface area (Å²) in [7, 11) is 0. The number of carboxylic acid groups (broad SMARTS) is 2. The van der Waals surface area contributed by atoms with Crippen molar-refractivity contribution in [1.82, 2.24) is 15.0 Å². The molecule has 0 atom stereocenters. The summed E-state index contributed by atoms with van der Waals surface area (Å²) in [6, 6.07) is 3.88. The second-order valence-corrected chi connectivity index (χ2v) is 4.36. The zero-order chi connectivity index (χ0) is 15.6. The first kappa shape index (κ1) is 14.5. The third-order valence-electron chi connectivity index (χ3n) is 2.91. The second kappa shape index (κ2) is 5.61. The molecule has 1 heterocycles. The van der Waals surface area contributed by atoms with E-state index in [0.29, 0.717) is 24.2 Å². The van der Waals surface area contributed by atoms with Crippen molar-refractivity contribution in [3.63, 3.8) is 0 Å². The highest BCUT2D eigenvalue weighted by Crippen LogP contribution is 2.22. The van der Waals surface area contributed by atoms with Gasteiger partial charge in [0.2, 0.25) is 0 Å². The maximum absolute atomic E-state index is 11.1.